The Kier molecular flexibility index (Phi) is 6.17. The molecule has 0 amide bonds. The molecule has 3 aromatic carbocycles. The lowest BCUT2D eigenvalue weighted by Crippen LogP contribution is -2.30. The van der Waals surface area contributed by atoms with Crippen LogP contribution in [0.25, 0.3) is 10.8 Å². The average molecular weight is 489 g/mol. The fraction of sp³-hybridized carbons (Fsp3) is 0.387. The molecule has 182 valence electrons. The van der Waals surface area contributed by atoms with Crippen molar-refractivity contribution in [2.75, 3.05) is 6.61 Å². The molecular formula is C31H33ClO3. The van der Waals surface area contributed by atoms with Crippen LogP contribution in [0, 0.1) is 11.3 Å². The maximum Gasteiger partial charge on any atom is 0.176 e. The summed E-state index contributed by atoms with van der Waals surface area (Å²) in [6, 6.07) is 16.6. The van der Waals surface area contributed by atoms with Crippen molar-refractivity contribution in [3.05, 3.63) is 81.4 Å². The molecule has 4 heteroatoms. The first-order valence-electron chi connectivity index (χ1n) is 12.7. The topological polar surface area (TPSA) is 46.5 Å². The van der Waals surface area contributed by atoms with Crippen LogP contribution in [0.5, 0.6) is 11.5 Å². The van der Waals surface area contributed by atoms with Crippen molar-refractivity contribution < 1.29 is 14.6 Å². The molecule has 2 atom stereocenters. The number of benzene rings is 3. The third-order valence-electron chi connectivity index (χ3n) is 7.73. The molecule has 1 N–H and O–H groups in total. The Morgan fingerprint density at radius 2 is 1.86 bits per heavy atom. The van der Waals surface area contributed by atoms with E-state index in [0.717, 1.165) is 35.8 Å². The van der Waals surface area contributed by atoms with Crippen LogP contribution in [0.1, 0.15) is 69.6 Å². The highest BCUT2D eigenvalue weighted by molar-refractivity contribution is 6.32. The summed E-state index contributed by atoms with van der Waals surface area (Å²) >= 11 is 6.54. The number of fused-ring (bicyclic) bond motifs is 3. The fourth-order valence-corrected chi connectivity index (χ4v) is 6.45. The van der Waals surface area contributed by atoms with Gasteiger partial charge in [-0.2, -0.15) is 0 Å². The fourth-order valence-electron chi connectivity index (χ4n) is 6.24. The standard InChI is InChI=1S/C31H33ClO3/c1-5-18-13-20-12-11-19-9-7-8-10-22(19)27(20)28(29-23(18)16-31(3,4)17-25(29)33)21-14-24(32)30(34)26(15-21)35-6-2/h7-12,14-15,18,28,34H,5-6,13,16-17H2,1-4H3. The number of carbonyl (C=O) groups excluding carboxylic acids is 1. The van der Waals surface area contributed by atoms with E-state index < -0.39 is 0 Å². The summed E-state index contributed by atoms with van der Waals surface area (Å²) in [5, 5.41) is 13.1. The smallest absolute Gasteiger partial charge is 0.176 e. The SMILES string of the molecule is CCOc1cc(C2C3=C(CC(C)(C)CC3=O)C(CC)Cc3ccc4ccccc4c32)cc(Cl)c1O. The van der Waals surface area contributed by atoms with Gasteiger partial charge in [0.05, 0.1) is 11.6 Å². The van der Waals surface area contributed by atoms with Gasteiger partial charge < -0.3 is 9.84 Å². The highest BCUT2D eigenvalue weighted by Crippen LogP contribution is 2.52. The molecule has 0 radical (unpaired) electrons. The van der Waals surface area contributed by atoms with Gasteiger partial charge in [0.25, 0.3) is 0 Å². The van der Waals surface area contributed by atoms with Crippen LogP contribution in [0.3, 0.4) is 0 Å². The lowest BCUT2D eigenvalue weighted by Gasteiger charge is -2.37. The Bertz CT molecular complexity index is 1350. The van der Waals surface area contributed by atoms with E-state index in [4.69, 9.17) is 16.3 Å². The van der Waals surface area contributed by atoms with Crippen molar-refractivity contribution in [3.63, 3.8) is 0 Å². The maximum absolute atomic E-state index is 14.0. The van der Waals surface area contributed by atoms with Gasteiger partial charge in [0, 0.05) is 17.9 Å². The number of hydrogen-bond acceptors (Lipinski definition) is 3. The number of hydrogen-bond donors (Lipinski definition) is 1. The number of Topliss-reactive ketones (excluding diaryl/α,β-unsaturated/α-hetero) is 1. The number of ketones is 1. The number of ether oxygens (including phenoxy) is 1. The van der Waals surface area contributed by atoms with Gasteiger partial charge in [-0.1, -0.05) is 74.3 Å². The van der Waals surface area contributed by atoms with Crippen molar-refractivity contribution in [2.24, 2.45) is 11.3 Å². The van der Waals surface area contributed by atoms with Gasteiger partial charge in [0.2, 0.25) is 0 Å². The van der Waals surface area contributed by atoms with E-state index in [1.165, 1.54) is 22.1 Å². The minimum atomic E-state index is -0.261. The first kappa shape index (κ1) is 23.9. The van der Waals surface area contributed by atoms with Crippen LogP contribution in [-0.4, -0.2) is 17.5 Å². The minimum absolute atomic E-state index is 0.0548. The van der Waals surface area contributed by atoms with Gasteiger partial charge in [-0.15, -0.1) is 0 Å². The van der Waals surface area contributed by atoms with Gasteiger partial charge in [-0.25, -0.2) is 0 Å². The van der Waals surface area contributed by atoms with E-state index in [-0.39, 0.29) is 27.9 Å². The zero-order chi connectivity index (χ0) is 24.9. The predicted octanol–water partition coefficient (Wildman–Crippen LogP) is 8.00. The molecule has 0 heterocycles. The molecule has 0 spiro atoms. The number of rotatable bonds is 4. The van der Waals surface area contributed by atoms with Crippen LogP contribution in [0.2, 0.25) is 5.02 Å². The van der Waals surface area contributed by atoms with Crippen molar-refractivity contribution in [1.82, 2.24) is 0 Å². The number of phenols is 1. The van der Waals surface area contributed by atoms with E-state index >= 15 is 0 Å². The second kappa shape index (κ2) is 9.02. The van der Waals surface area contributed by atoms with Crippen LogP contribution in [-0.2, 0) is 11.2 Å². The molecule has 2 aliphatic rings. The Morgan fingerprint density at radius 3 is 2.60 bits per heavy atom. The largest absolute Gasteiger partial charge is 0.503 e. The Morgan fingerprint density at radius 1 is 1.09 bits per heavy atom. The third kappa shape index (κ3) is 4.14. The zero-order valence-corrected chi connectivity index (χ0v) is 21.7. The summed E-state index contributed by atoms with van der Waals surface area (Å²) < 4.78 is 5.76. The lowest BCUT2D eigenvalue weighted by atomic mass is 9.66. The number of carbonyl (C=O) groups is 1. The number of allylic oxidation sites excluding steroid dienone is 2. The number of phenolic OH excluding ortho intramolecular Hbond substituents is 1. The van der Waals surface area contributed by atoms with Gasteiger partial charge in [-0.05, 0) is 77.1 Å². The zero-order valence-electron chi connectivity index (χ0n) is 21.0. The first-order valence-corrected chi connectivity index (χ1v) is 13.0. The molecule has 2 unspecified atom stereocenters. The molecule has 3 aromatic rings. The van der Waals surface area contributed by atoms with E-state index in [9.17, 15) is 9.90 Å². The van der Waals surface area contributed by atoms with Crippen LogP contribution in [0.15, 0.2) is 59.7 Å². The average Bonchev–Trinajstić information content (AvgIpc) is 2.96. The second-order valence-corrected chi connectivity index (χ2v) is 11.2. The Balaban J connectivity index is 1.88. The predicted molar refractivity (Wildman–Crippen MR) is 143 cm³/mol. The molecule has 35 heavy (non-hydrogen) atoms. The second-order valence-electron chi connectivity index (χ2n) is 10.8. The van der Waals surface area contributed by atoms with Gasteiger partial charge in [-0.3, -0.25) is 4.79 Å². The minimum Gasteiger partial charge on any atom is -0.503 e. The Labute approximate surface area is 212 Å². The van der Waals surface area contributed by atoms with Crippen molar-refractivity contribution in [1.29, 1.82) is 0 Å². The summed E-state index contributed by atoms with van der Waals surface area (Å²) in [5.41, 5.74) is 5.52. The summed E-state index contributed by atoms with van der Waals surface area (Å²) in [4.78, 5) is 14.0. The molecular weight excluding hydrogens is 456 g/mol. The molecule has 3 nitrogen and oxygen atoms in total. The van der Waals surface area contributed by atoms with E-state index in [0.29, 0.717) is 24.7 Å². The highest BCUT2D eigenvalue weighted by Gasteiger charge is 2.42. The van der Waals surface area contributed by atoms with Crippen molar-refractivity contribution >= 4 is 28.2 Å². The molecule has 0 saturated carbocycles. The third-order valence-corrected chi connectivity index (χ3v) is 8.02. The molecule has 0 saturated heterocycles. The van der Waals surface area contributed by atoms with Gasteiger partial charge >= 0.3 is 0 Å². The van der Waals surface area contributed by atoms with Crippen molar-refractivity contribution in [2.45, 2.75) is 59.3 Å². The maximum atomic E-state index is 14.0. The van der Waals surface area contributed by atoms with Crippen LogP contribution < -0.4 is 4.74 Å². The summed E-state index contributed by atoms with van der Waals surface area (Å²) in [6.07, 6.45) is 3.35. The number of aromatic hydroxyl groups is 1. The van der Waals surface area contributed by atoms with Crippen LogP contribution >= 0.6 is 11.6 Å². The molecule has 0 fully saturated rings. The van der Waals surface area contributed by atoms with E-state index in [2.05, 4.69) is 57.2 Å². The molecule has 5 rings (SSSR count). The first-order chi connectivity index (χ1) is 16.7. The monoisotopic (exact) mass is 488 g/mol. The summed E-state index contributed by atoms with van der Waals surface area (Å²) in [6.45, 7) is 8.93. The summed E-state index contributed by atoms with van der Waals surface area (Å²) in [7, 11) is 0. The van der Waals surface area contributed by atoms with E-state index in [1.54, 1.807) is 0 Å². The van der Waals surface area contributed by atoms with Crippen LogP contribution in [0.4, 0.5) is 0 Å². The van der Waals surface area contributed by atoms with E-state index in [1.807, 2.05) is 19.1 Å². The molecule has 0 bridgehead atoms. The van der Waals surface area contributed by atoms with Gasteiger partial charge in [0.1, 0.15) is 0 Å². The molecule has 2 aliphatic carbocycles. The molecule has 0 aliphatic heterocycles. The summed E-state index contributed by atoms with van der Waals surface area (Å²) in [5.74, 6) is 0.586. The number of halogens is 1. The Hall–Kier alpha value is -2.78. The normalized spacial score (nSPS) is 21.5. The van der Waals surface area contributed by atoms with Gasteiger partial charge in [0.15, 0.2) is 17.3 Å². The lowest BCUT2D eigenvalue weighted by molar-refractivity contribution is -0.118. The quantitative estimate of drug-likeness (QED) is 0.404. The molecule has 0 aromatic heterocycles. The van der Waals surface area contributed by atoms with Crippen molar-refractivity contribution in [3.8, 4) is 11.5 Å². The highest BCUT2D eigenvalue weighted by atomic mass is 35.5.